The van der Waals surface area contributed by atoms with E-state index < -0.39 is 0 Å². The van der Waals surface area contributed by atoms with E-state index in [1.807, 2.05) is 26.2 Å². The molecule has 16 heavy (non-hydrogen) atoms. The van der Waals surface area contributed by atoms with E-state index in [2.05, 4.69) is 16.3 Å². The van der Waals surface area contributed by atoms with Gasteiger partial charge in [-0.3, -0.25) is 0 Å². The van der Waals surface area contributed by atoms with Crippen LogP contribution >= 0.6 is 0 Å². The molecule has 1 atom stereocenters. The molecular formula is C12H15N3O. The summed E-state index contributed by atoms with van der Waals surface area (Å²) >= 11 is 0. The van der Waals surface area contributed by atoms with E-state index in [1.165, 1.54) is 0 Å². The minimum atomic E-state index is 0.312. The minimum absolute atomic E-state index is 0.312. The van der Waals surface area contributed by atoms with Gasteiger partial charge in [-0.1, -0.05) is 6.07 Å². The lowest BCUT2D eigenvalue weighted by atomic mass is 10.1. The number of ether oxygens (including phenoxy) is 1. The standard InChI is InChI=1S/C12H15N3O/c1-14-7-10-8-16-12-9(6-13)4-3-5-11(12)15(10)2/h3-5,10,14H,7-8H2,1-2H3. The molecule has 0 aromatic heterocycles. The summed E-state index contributed by atoms with van der Waals surface area (Å²) < 4.78 is 5.68. The molecule has 0 fully saturated rings. The van der Waals surface area contributed by atoms with E-state index in [0.717, 1.165) is 12.2 Å². The van der Waals surface area contributed by atoms with Crippen molar-refractivity contribution in [3.63, 3.8) is 0 Å². The van der Waals surface area contributed by atoms with Crippen LogP contribution in [0.25, 0.3) is 0 Å². The van der Waals surface area contributed by atoms with Crippen LogP contribution in [0.5, 0.6) is 5.75 Å². The molecule has 0 saturated heterocycles. The second-order valence-corrected chi connectivity index (χ2v) is 3.90. The van der Waals surface area contributed by atoms with Gasteiger partial charge < -0.3 is 15.0 Å². The summed E-state index contributed by atoms with van der Waals surface area (Å²) in [6.45, 7) is 1.48. The highest BCUT2D eigenvalue weighted by Crippen LogP contribution is 2.35. The third kappa shape index (κ3) is 1.70. The highest BCUT2D eigenvalue weighted by molar-refractivity contribution is 5.66. The van der Waals surface area contributed by atoms with Gasteiger partial charge in [-0.25, -0.2) is 0 Å². The number of fused-ring (bicyclic) bond motifs is 1. The van der Waals surface area contributed by atoms with Crippen LogP contribution in [0.15, 0.2) is 18.2 Å². The fourth-order valence-corrected chi connectivity index (χ4v) is 1.96. The van der Waals surface area contributed by atoms with E-state index in [4.69, 9.17) is 10.00 Å². The lowest BCUT2D eigenvalue weighted by Crippen LogP contribution is -2.46. The van der Waals surface area contributed by atoms with Gasteiger partial charge in [0.1, 0.15) is 12.7 Å². The Labute approximate surface area is 95.4 Å². The number of likely N-dealkylation sites (N-methyl/N-ethyl adjacent to an activating group) is 2. The van der Waals surface area contributed by atoms with Gasteiger partial charge in [0, 0.05) is 13.6 Å². The lowest BCUT2D eigenvalue weighted by Gasteiger charge is -2.36. The van der Waals surface area contributed by atoms with Gasteiger partial charge in [-0.05, 0) is 19.2 Å². The van der Waals surface area contributed by atoms with Gasteiger partial charge in [0.05, 0.1) is 17.3 Å². The Morgan fingerprint density at radius 3 is 3.12 bits per heavy atom. The molecular weight excluding hydrogens is 202 g/mol. The summed E-state index contributed by atoms with van der Waals surface area (Å²) in [6, 6.07) is 8.12. The molecule has 1 aromatic carbocycles. The Kier molecular flexibility index (Phi) is 2.97. The van der Waals surface area contributed by atoms with Crippen molar-refractivity contribution in [2.24, 2.45) is 0 Å². The third-order valence-electron chi connectivity index (χ3n) is 2.90. The molecule has 0 aliphatic carbocycles. The van der Waals surface area contributed by atoms with Gasteiger partial charge in [0.2, 0.25) is 0 Å². The highest BCUT2D eigenvalue weighted by atomic mass is 16.5. The van der Waals surface area contributed by atoms with E-state index >= 15 is 0 Å². The first kappa shape index (κ1) is 10.8. The van der Waals surface area contributed by atoms with Crippen LogP contribution in [0.4, 0.5) is 5.69 Å². The number of benzene rings is 1. The first-order valence-electron chi connectivity index (χ1n) is 5.31. The van der Waals surface area contributed by atoms with Crippen LogP contribution in [-0.4, -0.2) is 33.3 Å². The molecule has 0 amide bonds. The predicted octanol–water partition coefficient (Wildman–Crippen LogP) is 0.975. The van der Waals surface area contributed by atoms with E-state index in [0.29, 0.717) is 24.0 Å². The number of nitrogens with zero attached hydrogens (tertiary/aromatic N) is 2. The van der Waals surface area contributed by atoms with Crippen molar-refractivity contribution in [1.82, 2.24) is 5.32 Å². The maximum Gasteiger partial charge on any atom is 0.160 e. The predicted molar refractivity (Wildman–Crippen MR) is 62.8 cm³/mol. The fourth-order valence-electron chi connectivity index (χ4n) is 1.96. The van der Waals surface area contributed by atoms with Crippen molar-refractivity contribution >= 4 is 5.69 Å². The summed E-state index contributed by atoms with van der Waals surface area (Å²) in [5.74, 6) is 0.708. The Hall–Kier alpha value is -1.73. The van der Waals surface area contributed by atoms with E-state index in [-0.39, 0.29) is 0 Å². The van der Waals surface area contributed by atoms with Crippen molar-refractivity contribution in [2.75, 3.05) is 32.1 Å². The Morgan fingerprint density at radius 2 is 2.44 bits per heavy atom. The minimum Gasteiger partial charge on any atom is -0.488 e. The molecule has 0 bridgehead atoms. The maximum absolute atomic E-state index is 8.99. The van der Waals surface area contributed by atoms with Crippen LogP contribution in [0.1, 0.15) is 5.56 Å². The first-order valence-corrected chi connectivity index (χ1v) is 5.31. The number of anilines is 1. The van der Waals surface area contributed by atoms with Gasteiger partial charge >= 0.3 is 0 Å². The number of hydrogen-bond donors (Lipinski definition) is 1. The van der Waals surface area contributed by atoms with Crippen LogP contribution < -0.4 is 15.0 Å². The zero-order valence-electron chi connectivity index (χ0n) is 9.53. The molecule has 4 heteroatoms. The topological polar surface area (TPSA) is 48.3 Å². The lowest BCUT2D eigenvalue weighted by molar-refractivity contribution is 0.264. The van der Waals surface area contributed by atoms with Gasteiger partial charge in [-0.15, -0.1) is 0 Å². The Balaban J connectivity index is 2.35. The normalized spacial score (nSPS) is 18.6. The summed E-state index contributed by atoms with van der Waals surface area (Å²) in [4.78, 5) is 2.16. The highest BCUT2D eigenvalue weighted by Gasteiger charge is 2.25. The second kappa shape index (κ2) is 4.42. The molecule has 1 unspecified atom stereocenters. The largest absolute Gasteiger partial charge is 0.488 e. The average molecular weight is 217 g/mol. The van der Waals surface area contributed by atoms with Crippen LogP contribution in [-0.2, 0) is 0 Å². The number of nitrogens with one attached hydrogen (secondary N) is 1. The number of nitriles is 1. The molecule has 1 heterocycles. The van der Waals surface area contributed by atoms with Crippen molar-refractivity contribution in [1.29, 1.82) is 5.26 Å². The van der Waals surface area contributed by atoms with Crippen molar-refractivity contribution < 1.29 is 4.74 Å². The quantitative estimate of drug-likeness (QED) is 0.802. The molecule has 1 aliphatic heterocycles. The van der Waals surface area contributed by atoms with E-state index in [9.17, 15) is 0 Å². The molecule has 2 rings (SSSR count). The van der Waals surface area contributed by atoms with Gasteiger partial charge in [0.25, 0.3) is 0 Å². The van der Waals surface area contributed by atoms with Crippen molar-refractivity contribution in [3.8, 4) is 11.8 Å². The zero-order chi connectivity index (χ0) is 11.5. The Morgan fingerprint density at radius 1 is 1.62 bits per heavy atom. The summed E-state index contributed by atoms with van der Waals surface area (Å²) in [6.07, 6.45) is 0. The number of rotatable bonds is 2. The molecule has 84 valence electrons. The molecule has 0 spiro atoms. The van der Waals surface area contributed by atoms with Crippen molar-refractivity contribution in [2.45, 2.75) is 6.04 Å². The smallest absolute Gasteiger partial charge is 0.160 e. The molecule has 1 aromatic rings. The molecule has 1 aliphatic rings. The Bertz CT molecular complexity index is 425. The number of hydrogen-bond acceptors (Lipinski definition) is 4. The monoisotopic (exact) mass is 217 g/mol. The second-order valence-electron chi connectivity index (χ2n) is 3.90. The van der Waals surface area contributed by atoms with E-state index in [1.54, 1.807) is 6.07 Å². The summed E-state index contributed by atoms with van der Waals surface area (Å²) in [7, 11) is 3.96. The fraction of sp³-hybridized carbons (Fsp3) is 0.417. The van der Waals surface area contributed by atoms with Crippen LogP contribution in [0.3, 0.4) is 0 Å². The number of para-hydroxylation sites is 1. The first-order chi connectivity index (χ1) is 7.77. The third-order valence-corrected chi connectivity index (χ3v) is 2.90. The SMILES string of the molecule is CNCC1COc2c(C#N)cccc2N1C. The van der Waals surface area contributed by atoms with Crippen LogP contribution in [0, 0.1) is 11.3 Å². The maximum atomic E-state index is 8.99. The molecule has 0 saturated carbocycles. The molecule has 1 N–H and O–H groups in total. The van der Waals surface area contributed by atoms with Crippen molar-refractivity contribution in [3.05, 3.63) is 23.8 Å². The summed E-state index contributed by atoms with van der Waals surface area (Å²) in [5.41, 5.74) is 1.60. The van der Waals surface area contributed by atoms with Crippen LogP contribution in [0.2, 0.25) is 0 Å². The average Bonchev–Trinajstić information content (AvgIpc) is 2.32. The zero-order valence-corrected chi connectivity index (χ0v) is 9.53. The van der Waals surface area contributed by atoms with Gasteiger partial charge in [-0.2, -0.15) is 5.26 Å². The summed E-state index contributed by atoms with van der Waals surface area (Å²) in [5, 5.41) is 12.1. The molecule has 0 radical (unpaired) electrons. The molecule has 4 nitrogen and oxygen atoms in total. The van der Waals surface area contributed by atoms with Gasteiger partial charge in [0.15, 0.2) is 5.75 Å².